The third-order valence-electron chi connectivity index (χ3n) is 4.30. The van der Waals surface area contributed by atoms with Crippen LogP contribution >= 0.6 is 0 Å². The Morgan fingerprint density at radius 2 is 2.00 bits per heavy atom. The Morgan fingerprint density at radius 1 is 1.19 bits per heavy atom. The number of aromatic nitrogens is 2. The van der Waals surface area contributed by atoms with Gasteiger partial charge >= 0.3 is 0 Å². The number of piperazine rings is 1. The molecule has 0 bridgehead atoms. The van der Waals surface area contributed by atoms with Gasteiger partial charge in [0.15, 0.2) is 0 Å². The fourth-order valence-electron chi connectivity index (χ4n) is 2.94. The normalized spacial score (nSPS) is 16.7. The van der Waals surface area contributed by atoms with Gasteiger partial charge in [-0.25, -0.2) is 0 Å². The van der Waals surface area contributed by atoms with Crippen molar-refractivity contribution in [2.75, 3.05) is 32.8 Å². The van der Waals surface area contributed by atoms with Gasteiger partial charge in [0.1, 0.15) is 13.2 Å². The van der Waals surface area contributed by atoms with Gasteiger partial charge in [0.05, 0.1) is 6.04 Å². The van der Waals surface area contributed by atoms with Crippen molar-refractivity contribution in [2.24, 2.45) is 0 Å². The summed E-state index contributed by atoms with van der Waals surface area (Å²) in [6.07, 6.45) is 6.84. The minimum absolute atomic E-state index is 0.0806. The van der Waals surface area contributed by atoms with Crippen LogP contribution in [0, 0.1) is 0 Å². The average Bonchev–Trinajstić information content (AvgIpc) is 2.73. The summed E-state index contributed by atoms with van der Waals surface area (Å²) in [5, 5.41) is 6.03. The van der Waals surface area contributed by atoms with Crippen LogP contribution in [0.25, 0.3) is 0 Å². The van der Waals surface area contributed by atoms with Gasteiger partial charge in [-0.05, 0) is 23.3 Å². The predicted molar refractivity (Wildman–Crippen MR) is 98.5 cm³/mol. The van der Waals surface area contributed by atoms with Crippen LogP contribution in [0.4, 0.5) is 0 Å². The Bertz CT molecular complexity index is 742. The lowest BCUT2D eigenvalue weighted by atomic mass is 10.1. The van der Waals surface area contributed by atoms with E-state index < -0.39 is 0 Å². The first-order valence-electron chi connectivity index (χ1n) is 8.87. The fraction of sp³-hybridized carbons (Fsp3) is 0.368. The number of hydrogen-bond acceptors (Lipinski definition) is 6. The standard InChI is InChI=1S/C19H23N5O3/c25-18(23-10-15-3-1-5-20-9-15)13-27-14-19(26)24-8-7-22-12-17(24)16-4-2-6-21-11-16/h1-6,9,11,17,22H,7-8,10,12-14H2,(H,23,25). The largest absolute Gasteiger partial charge is 0.362 e. The average molecular weight is 369 g/mol. The molecule has 142 valence electrons. The van der Waals surface area contributed by atoms with E-state index in [0.29, 0.717) is 19.6 Å². The van der Waals surface area contributed by atoms with Crippen LogP contribution in [-0.2, 0) is 20.9 Å². The monoisotopic (exact) mass is 369 g/mol. The van der Waals surface area contributed by atoms with Crippen LogP contribution in [0.1, 0.15) is 17.2 Å². The lowest BCUT2D eigenvalue weighted by molar-refractivity contribution is -0.141. The zero-order valence-electron chi connectivity index (χ0n) is 15.0. The van der Waals surface area contributed by atoms with Gasteiger partial charge in [0.2, 0.25) is 11.8 Å². The van der Waals surface area contributed by atoms with Crippen molar-refractivity contribution in [3.63, 3.8) is 0 Å². The number of rotatable bonds is 7. The van der Waals surface area contributed by atoms with E-state index in [0.717, 1.165) is 17.7 Å². The highest BCUT2D eigenvalue weighted by atomic mass is 16.5. The Hall–Kier alpha value is -2.84. The smallest absolute Gasteiger partial charge is 0.249 e. The molecule has 2 aromatic heterocycles. The van der Waals surface area contributed by atoms with E-state index in [4.69, 9.17) is 4.74 Å². The zero-order chi connectivity index (χ0) is 18.9. The first-order valence-corrected chi connectivity index (χ1v) is 8.87. The van der Waals surface area contributed by atoms with Crippen molar-refractivity contribution in [2.45, 2.75) is 12.6 Å². The molecular formula is C19H23N5O3. The molecule has 2 aromatic rings. The molecule has 3 rings (SSSR count). The molecule has 27 heavy (non-hydrogen) atoms. The van der Waals surface area contributed by atoms with Crippen LogP contribution in [0.3, 0.4) is 0 Å². The van der Waals surface area contributed by atoms with Crippen LogP contribution < -0.4 is 10.6 Å². The van der Waals surface area contributed by atoms with Crippen LogP contribution in [0.2, 0.25) is 0 Å². The molecule has 1 saturated heterocycles. The highest BCUT2D eigenvalue weighted by molar-refractivity contribution is 5.80. The van der Waals surface area contributed by atoms with E-state index in [9.17, 15) is 9.59 Å². The molecule has 1 aliphatic heterocycles. The highest BCUT2D eigenvalue weighted by Crippen LogP contribution is 2.21. The molecule has 1 atom stereocenters. The first-order chi connectivity index (χ1) is 13.2. The molecular weight excluding hydrogens is 346 g/mol. The van der Waals surface area contributed by atoms with Crippen LogP contribution in [0.5, 0.6) is 0 Å². The molecule has 0 spiro atoms. The SMILES string of the molecule is O=C(COCC(=O)N1CCNCC1c1cccnc1)NCc1cccnc1. The second-order valence-corrected chi connectivity index (χ2v) is 6.22. The van der Waals surface area contributed by atoms with Crippen molar-refractivity contribution < 1.29 is 14.3 Å². The first kappa shape index (κ1) is 18.9. The maximum atomic E-state index is 12.6. The van der Waals surface area contributed by atoms with Crippen molar-refractivity contribution in [1.29, 1.82) is 0 Å². The number of ether oxygens (including phenoxy) is 1. The number of hydrogen-bond donors (Lipinski definition) is 2. The third-order valence-corrected chi connectivity index (χ3v) is 4.30. The molecule has 8 nitrogen and oxygen atoms in total. The van der Waals surface area contributed by atoms with E-state index in [-0.39, 0.29) is 31.1 Å². The molecule has 1 aliphatic rings. The van der Waals surface area contributed by atoms with E-state index >= 15 is 0 Å². The summed E-state index contributed by atoms with van der Waals surface area (Å²) in [6.45, 7) is 2.09. The topological polar surface area (TPSA) is 96.5 Å². The summed E-state index contributed by atoms with van der Waals surface area (Å²) in [4.78, 5) is 34.3. The maximum Gasteiger partial charge on any atom is 0.249 e. The number of carbonyl (C=O) groups excluding carboxylic acids is 2. The van der Waals surface area contributed by atoms with Gasteiger partial charge < -0.3 is 20.3 Å². The fourth-order valence-corrected chi connectivity index (χ4v) is 2.94. The van der Waals surface area contributed by atoms with E-state index in [1.165, 1.54) is 0 Å². The molecule has 1 unspecified atom stereocenters. The summed E-state index contributed by atoms with van der Waals surface area (Å²) in [6, 6.07) is 7.42. The Kier molecular flexibility index (Phi) is 6.84. The number of nitrogens with one attached hydrogen (secondary N) is 2. The maximum absolute atomic E-state index is 12.6. The summed E-state index contributed by atoms with van der Waals surface area (Å²) in [7, 11) is 0. The van der Waals surface area contributed by atoms with Gasteiger partial charge in [-0.15, -0.1) is 0 Å². The van der Waals surface area contributed by atoms with Crippen molar-refractivity contribution in [3.8, 4) is 0 Å². The lowest BCUT2D eigenvalue weighted by Gasteiger charge is -2.36. The Balaban J connectivity index is 1.44. The van der Waals surface area contributed by atoms with Gasteiger partial charge in [-0.3, -0.25) is 19.6 Å². The quantitative estimate of drug-likeness (QED) is 0.728. The lowest BCUT2D eigenvalue weighted by Crippen LogP contribution is -2.50. The second-order valence-electron chi connectivity index (χ2n) is 6.22. The summed E-state index contributed by atoms with van der Waals surface area (Å²) >= 11 is 0. The van der Waals surface area contributed by atoms with Crippen molar-refractivity contribution in [1.82, 2.24) is 25.5 Å². The Morgan fingerprint density at radius 3 is 2.74 bits per heavy atom. The number of amides is 2. The molecule has 0 aromatic carbocycles. The van der Waals surface area contributed by atoms with Crippen LogP contribution in [-0.4, -0.2) is 59.5 Å². The van der Waals surface area contributed by atoms with Crippen LogP contribution in [0.15, 0.2) is 49.1 Å². The Labute approximate surface area is 158 Å². The van der Waals surface area contributed by atoms with Gasteiger partial charge in [-0.1, -0.05) is 12.1 Å². The molecule has 8 heteroatoms. The third kappa shape index (κ3) is 5.57. The molecule has 2 amide bonds. The van der Waals surface area contributed by atoms with Gasteiger partial charge in [0.25, 0.3) is 0 Å². The summed E-state index contributed by atoms with van der Waals surface area (Å²) in [5.41, 5.74) is 1.88. The number of pyridine rings is 2. The van der Waals surface area contributed by atoms with E-state index in [1.807, 2.05) is 24.3 Å². The van der Waals surface area contributed by atoms with Gasteiger partial charge in [-0.2, -0.15) is 0 Å². The minimum atomic E-state index is -0.268. The van der Waals surface area contributed by atoms with Gasteiger partial charge in [0, 0.05) is 51.0 Å². The van der Waals surface area contributed by atoms with Crippen molar-refractivity contribution in [3.05, 3.63) is 60.2 Å². The molecule has 0 aliphatic carbocycles. The molecule has 0 saturated carbocycles. The summed E-state index contributed by atoms with van der Waals surface area (Å²) < 4.78 is 5.33. The van der Waals surface area contributed by atoms with Crippen molar-refractivity contribution >= 4 is 11.8 Å². The molecule has 1 fully saturated rings. The molecule has 2 N–H and O–H groups in total. The minimum Gasteiger partial charge on any atom is -0.362 e. The second kappa shape index (κ2) is 9.75. The molecule has 0 radical (unpaired) electrons. The summed E-state index contributed by atoms with van der Waals surface area (Å²) in [5.74, 6) is -0.402. The van der Waals surface area contributed by atoms with E-state index in [2.05, 4.69) is 20.6 Å². The predicted octanol–water partition coefficient (Wildman–Crippen LogP) is 0.283. The number of carbonyl (C=O) groups is 2. The number of nitrogens with zero attached hydrogens (tertiary/aromatic N) is 3. The van der Waals surface area contributed by atoms with E-state index in [1.54, 1.807) is 29.7 Å². The highest BCUT2D eigenvalue weighted by Gasteiger charge is 2.27. The zero-order valence-corrected chi connectivity index (χ0v) is 15.0. The molecule has 3 heterocycles.